The molecule has 0 heterocycles. The van der Waals surface area contributed by atoms with Crippen LogP contribution in [-0.4, -0.2) is 0 Å². The van der Waals surface area contributed by atoms with Crippen molar-refractivity contribution in [3.8, 4) is 22.3 Å². The van der Waals surface area contributed by atoms with E-state index in [2.05, 4.69) is 323 Å². The van der Waals surface area contributed by atoms with Crippen LogP contribution in [0.1, 0.15) is 0 Å². The van der Waals surface area contributed by atoms with E-state index >= 15 is 0 Å². The van der Waals surface area contributed by atoms with Crippen molar-refractivity contribution in [2.45, 2.75) is 0 Å². The predicted octanol–water partition coefficient (Wildman–Crippen LogP) is 18.9. The first-order chi connectivity index (χ1) is 34.8. The number of nitrogens with zero attached hydrogens (tertiary/aromatic N) is 4. The summed E-state index contributed by atoms with van der Waals surface area (Å²) in [6.45, 7) is 0. The summed E-state index contributed by atoms with van der Waals surface area (Å²) in [5.74, 6) is 0. The molecule has 0 aromatic heterocycles. The third kappa shape index (κ3) is 9.05. The van der Waals surface area contributed by atoms with Crippen molar-refractivity contribution in [3.63, 3.8) is 0 Å². The predicted molar refractivity (Wildman–Crippen MR) is 296 cm³/mol. The van der Waals surface area contributed by atoms with Gasteiger partial charge in [0.2, 0.25) is 0 Å². The Kier molecular flexibility index (Phi) is 12.5. The molecular weight excluding hydrogens is 849 g/mol. The molecule has 0 amide bonds. The summed E-state index contributed by atoms with van der Waals surface area (Å²) in [7, 11) is 0. The standard InChI is InChI=1S/C66H50N4/c1-7-24-51(25-8-1)63-38-19-21-40-65(63)69(55-32-15-5-16-33-55)59-46-42-57(43-47-59)67(53-28-11-3-12-29-53)61-36-23-37-62(50-61)68(54-30-13-4-14-31-54)58-44-48-60(49-45-58)70(56-34-17-6-18-35-56)66-41-22-20-39-64(66)52-26-9-2-10-27-52/h1-50H. The average Bonchev–Trinajstić information content (AvgIpc) is 3.44. The molecule has 0 saturated heterocycles. The van der Waals surface area contributed by atoms with Gasteiger partial charge < -0.3 is 19.6 Å². The molecule has 334 valence electrons. The summed E-state index contributed by atoms with van der Waals surface area (Å²) in [5.41, 5.74) is 17.5. The Morgan fingerprint density at radius 3 is 0.714 bits per heavy atom. The summed E-state index contributed by atoms with van der Waals surface area (Å²) in [4.78, 5) is 9.38. The summed E-state index contributed by atoms with van der Waals surface area (Å²) in [5, 5.41) is 0. The largest absolute Gasteiger partial charge is 0.310 e. The third-order valence-corrected chi connectivity index (χ3v) is 12.6. The molecule has 11 aromatic rings. The van der Waals surface area contributed by atoms with E-state index in [-0.39, 0.29) is 0 Å². The smallest absolute Gasteiger partial charge is 0.0540 e. The zero-order chi connectivity index (χ0) is 46.9. The van der Waals surface area contributed by atoms with Crippen molar-refractivity contribution in [3.05, 3.63) is 303 Å². The highest BCUT2D eigenvalue weighted by Gasteiger charge is 2.22. The Labute approximate surface area is 411 Å². The zero-order valence-corrected chi connectivity index (χ0v) is 38.7. The monoisotopic (exact) mass is 898 g/mol. The van der Waals surface area contributed by atoms with Gasteiger partial charge in [-0.25, -0.2) is 0 Å². The lowest BCUT2D eigenvalue weighted by Crippen LogP contribution is -2.14. The highest BCUT2D eigenvalue weighted by Crippen LogP contribution is 2.46. The van der Waals surface area contributed by atoms with Crippen LogP contribution in [0.3, 0.4) is 0 Å². The van der Waals surface area contributed by atoms with E-state index in [9.17, 15) is 0 Å². The van der Waals surface area contributed by atoms with E-state index < -0.39 is 0 Å². The molecule has 0 aliphatic rings. The fourth-order valence-electron chi connectivity index (χ4n) is 9.39. The molecule has 0 aliphatic carbocycles. The third-order valence-electron chi connectivity index (χ3n) is 12.6. The van der Waals surface area contributed by atoms with E-state index in [0.717, 1.165) is 68.2 Å². The van der Waals surface area contributed by atoms with Crippen LogP contribution in [0.15, 0.2) is 303 Å². The lowest BCUT2D eigenvalue weighted by atomic mass is 10.0. The fraction of sp³-hybridized carbons (Fsp3) is 0. The van der Waals surface area contributed by atoms with Gasteiger partial charge in [0.05, 0.1) is 11.4 Å². The van der Waals surface area contributed by atoms with Crippen LogP contribution in [0.4, 0.5) is 68.2 Å². The molecule has 0 spiro atoms. The molecule has 0 radical (unpaired) electrons. The number of benzene rings is 11. The minimum Gasteiger partial charge on any atom is -0.310 e. The number of hydrogen-bond donors (Lipinski definition) is 0. The SMILES string of the molecule is c1ccc(-c2ccccc2N(c2ccccc2)c2ccc(N(c3ccccc3)c3cccc(N(c4ccccc4)c4ccc(N(c5ccccc5)c5ccccc5-c5ccccc5)cc4)c3)cc2)cc1. The van der Waals surface area contributed by atoms with Crippen LogP contribution >= 0.6 is 0 Å². The average molecular weight is 899 g/mol. The van der Waals surface area contributed by atoms with Gasteiger partial charge in [0, 0.05) is 68.0 Å². The van der Waals surface area contributed by atoms with Gasteiger partial charge in [-0.2, -0.15) is 0 Å². The Morgan fingerprint density at radius 2 is 0.386 bits per heavy atom. The maximum Gasteiger partial charge on any atom is 0.0540 e. The number of para-hydroxylation sites is 6. The van der Waals surface area contributed by atoms with E-state index in [1.165, 1.54) is 22.3 Å². The Morgan fingerprint density at radius 1 is 0.157 bits per heavy atom. The second kappa shape index (κ2) is 20.2. The summed E-state index contributed by atoms with van der Waals surface area (Å²) in [6.07, 6.45) is 0. The Balaban J connectivity index is 0.980. The molecule has 0 fully saturated rings. The lowest BCUT2D eigenvalue weighted by Gasteiger charge is -2.31. The van der Waals surface area contributed by atoms with Crippen molar-refractivity contribution >= 4 is 68.2 Å². The first-order valence-electron chi connectivity index (χ1n) is 23.8. The molecule has 4 nitrogen and oxygen atoms in total. The number of hydrogen-bond acceptors (Lipinski definition) is 4. The lowest BCUT2D eigenvalue weighted by molar-refractivity contribution is 1.23. The van der Waals surface area contributed by atoms with Crippen molar-refractivity contribution in [1.29, 1.82) is 0 Å². The van der Waals surface area contributed by atoms with Crippen LogP contribution in [0.25, 0.3) is 22.3 Å². The summed E-state index contributed by atoms with van der Waals surface area (Å²) >= 11 is 0. The van der Waals surface area contributed by atoms with E-state index in [1.54, 1.807) is 0 Å². The maximum atomic E-state index is 2.35. The van der Waals surface area contributed by atoms with E-state index in [4.69, 9.17) is 0 Å². The highest BCUT2D eigenvalue weighted by molar-refractivity contribution is 5.91. The molecule has 0 saturated carbocycles. The molecule has 0 bridgehead atoms. The molecule has 70 heavy (non-hydrogen) atoms. The first kappa shape index (κ1) is 43.2. The van der Waals surface area contributed by atoms with E-state index in [0.29, 0.717) is 0 Å². The van der Waals surface area contributed by atoms with E-state index in [1.807, 2.05) is 0 Å². The maximum absolute atomic E-state index is 2.35. The minimum atomic E-state index is 1.04. The van der Waals surface area contributed by atoms with Gasteiger partial charge in [0.1, 0.15) is 0 Å². The van der Waals surface area contributed by atoms with Crippen LogP contribution in [0.5, 0.6) is 0 Å². The van der Waals surface area contributed by atoms with Gasteiger partial charge in [0.25, 0.3) is 0 Å². The van der Waals surface area contributed by atoms with Crippen LogP contribution in [0.2, 0.25) is 0 Å². The van der Waals surface area contributed by atoms with Crippen LogP contribution in [0, 0.1) is 0 Å². The molecule has 0 N–H and O–H groups in total. The Hall–Kier alpha value is -9.38. The zero-order valence-electron chi connectivity index (χ0n) is 38.7. The highest BCUT2D eigenvalue weighted by atomic mass is 15.2. The number of anilines is 12. The quantitative estimate of drug-likeness (QED) is 0.108. The van der Waals surface area contributed by atoms with Crippen molar-refractivity contribution in [2.75, 3.05) is 19.6 Å². The van der Waals surface area contributed by atoms with Crippen molar-refractivity contribution in [2.24, 2.45) is 0 Å². The summed E-state index contributed by atoms with van der Waals surface area (Å²) < 4.78 is 0. The molecule has 0 atom stereocenters. The summed E-state index contributed by atoms with van der Waals surface area (Å²) in [6, 6.07) is 108. The normalized spacial score (nSPS) is 10.9. The molecule has 0 unspecified atom stereocenters. The molecule has 11 aromatic carbocycles. The van der Waals surface area contributed by atoms with Gasteiger partial charge in [-0.3, -0.25) is 0 Å². The topological polar surface area (TPSA) is 13.0 Å². The first-order valence-corrected chi connectivity index (χ1v) is 23.8. The second-order valence-corrected chi connectivity index (χ2v) is 17.0. The molecule has 0 aliphatic heterocycles. The van der Waals surface area contributed by atoms with Gasteiger partial charge >= 0.3 is 0 Å². The van der Waals surface area contributed by atoms with Crippen molar-refractivity contribution < 1.29 is 0 Å². The molecule has 11 rings (SSSR count). The molecular formula is C66H50N4. The number of rotatable bonds is 14. The second-order valence-electron chi connectivity index (χ2n) is 17.0. The van der Waals surface area contributed by atoms with Gasteiger partial charge in [-0.05, 0) is 139 Å². The molecule has 4 heteroatoms. The van der Waals surface area contributed by atoms with Gasteiger partial charge in [0.15, 0.2) is 0 Å². The van der Waals surface area contributed by atoms with Gasteiger partial charge in [-0.1, -0.05) is 176 Å². The fourth-order valence-corrected chi connectivity index (χ4v) is 9.39. The van der Waals surface area contributed by atoms with Gasteiger partial charge in [-0.15, -0.1) is 0 Å². The van der Waals surface area contributed by atoms with Crippen molar-refractivity contribution in [1.82, 2.24) is 0 Å². The van der Waals surface area contributed by atoms with Crippen LogP contribution in [-0.2, 0) is 0 Å². The van der Waals surface area contributed by atoms with Crippen LogP contribution < -0.4 is 19.6 Å². The Bertz CT molecular complexity index is 3180. The minimum absolute atomic E-state index is 1.04.